The summed E-state index contributed by atoms with van der Waals surface area (Å²) >= 11 is 3.16. The number of hydrogen-bond acceptors (Lipinski definition) is 2. The number of likely N-dealkylation sites (tertiary alicyclic amines) is 1. The molecule has 0 spiro atoms. The van der Waals surface area contributed by atoms with E-state index in [0.29, 0.717) is 11.0 Å². The van der Waals surface area contributed by atoms with Crippen molar-refractivity contribution >= 4 is 21.8 Å². The van der Waals surface area contributed by atoms with Crippen molar-refractivity contribution in [2.75, 3.05) is 13.1 Å². The van der Waals surface area contributed by atoms with E-state index in [9.17, 15) is 9.18 Å². The summed E-state index contributed by atoms with van der Waals surface area (Å²) in [5, 5.41) is 0. The maximum absolute atomic E-state index is 13.1. The Morgan fingerprint density at radius 3 is 2.94 bits per heavy atom. The molecule has 2 rings (SSSR count). The average molecular weight is 301 g/mol. The third kappa shape index (κ3) is 3.04. The molecule has 1 aliphatic heterocycles. The van der Waals surface area contributed by atoms with Crippen molar-refractivity contribution in [1.82, 2.24) is 4.90 Å². The molecule has 5 heteroatoms. The van der Waals surface area contributed by atoms with Crippen molar-refractivity contribution in [3.05, 3.63) is 34.1 Å². The molecule has 1 amide bonds. The number of primary amides is 1. The van der Waals surface area contributed by atoms with Crippen molar-refractivity contribution in [3.63, 3.8) is 0 Å². The van der Waals surface area contributed by atoms with Crippen molar-refractivity contribution in [2.24, 2.45) is 11.7 Å². The van der Waals surface area contributed by atoms with E-state index in [4.69, 9.17) is 5.73 Å². The maximum Gasteiger partial charge on any atom is 0.221 e. The van der Waals surface area contributed by atoms with Gasteiger partial charge in [0.05, 0.1) is 10.4 Å². The summed E-state index contributed by atoms with van der Waals surface area (Å²) in [7, 11) is 0. The summed E-state index contributed by atoms with van der Waals surface area (Å²) in [6.45, 7) is 2.29. The van der Waals surface area contributed by atoms with Crippen LogP contribution in [0.15, 0.2) is 22.7 Å². The van der Waals surface area contributed by atoms with E-state index in [0.717, 1.165) is 25.1 Å². The topological polar surface area (TPSA) is 46.3 Å². The molecule has 1 atom stereocenters. The van der Waals surface area contributed by atoms with Crippen LogP contribution in [0.4, 0.5) is 4.39 Å². The normalized spacial score (nSPS) is 20.7. The van der Waals surface area contributed by atoms with E-state index in [1.54, 1.807) is 12.1 Å². The Labute approximate surface area is 108 Å². The van der Waals surface area contributed by atoms with Crippen LogP contribution in [0.2, 0.25) is 0 Å². The van der Waals surface area contributed by atoms with E-state index >= 15 is 0 Å². The van der Waals surface area contributed by atoms with Gasteiger partial charge in [0.2, 0.25) is 5.91 Å². The fourth-order valence-corrected chi connectivity index (χ4v) is 2.53. The molecular weight excluding hydrogens is 287 g/mol. The third-order valence-electron chi connectivity index (χ3n) is 3.06. The predicted molar refractivity (Wildman–Crippen MR) is 66.7 cm³/mol. The number of nitrogens with two attached hydrogens (primary N) is 1. The summed E-state index contributed by atoms with van der Waals surface area (Å²) in [6, 6.07) is 4.98. The number of hydrogen-bond donors (Lipinski definition) is 1. The van der Waals surface area contributed by atoms with Crippen molar-refractivity contribution in [3.8, 4) is 0 Å². The first kappa shape index (κ1) is 12.5. The molecule has 1 saturated heterocycles. The zero-order chi connectivity index (χ0) is 12.4. The van der Waals surface area contributed by atoms with E-state index < -0.39 is 0 Å². The first-order chi connectivity index (χ1) is 8.06. The van der Waals surface area contributed by atoms with Gasteiger partial charge in [0.25, 0.3) is 0 Å². The Morgan fingerprint density at radius 1 is 1.59 bits per heavy atom. The minimum atomic E-state index is -0.259. The zero-order valence-corrected chi connectivity index (χ0v) is 10.9. The molecule has 1 fully saturated rings. The average Bonchev–Trinajstić information content (AvgIpc) is 2.72. The van der Waals surface area contributed by atoms with Crippen LogP contribution >= 0.6 is 15.9 Å². The van der Waals surface area contributed by atoms with Crippen LogP contribution in [0.5, 0.6) is 0 Å². The molecule has 2 N–H and O–H groups in total. The van der Waals surface area contributed by atoms with Gasteiger partial charge in [-0.15, -0.1) is 0 Å². The van der Waals surface area contributed by atoms with Gasteiger partial charge in [-0.25, -0.2) is 4.39 Å². The lowest BCUT2D eigenvalue weighted by atomic mass is 10.1. The quantitative estimate of drug-likeness (QED) is 0.927. The largest absolute Gasteiger partial charge is 0.369 e. The molecule has 1 aromatic carbocycles. The van der Waals surface area contributed by atoms with E-state index in [1.165, 1.54) is 6.07 Å². The van der Waals surface area contributed by atoms with Gasteiger partial charge in [0, 0.05) is 13.1 Å². The Kier molecular flexibility index (Phi) is 3.79. The van der Waals surface area contributed by atoms with Crippen molar-refractivity contribution in [2.45, 2.75) is 13.0 Å². The second-order valence-electron chi connectivity index (χ2n) is 4.37. The standard InChI is InChI=1S/C12H14BrFN2O/c13-10-5-8(1-2-11(10)14)6-16-4-3-9(7-16)12(15)17/h1-2,5,9H,3-4,6-7H2,(H2,15,17)/t9-/m0/s1. The molecule has 1 aliphatic rings. The molecule has 17 heavy (non-hydrogen) atoms. The fraction of sp³-hybridized carbons (Fsp3) is 0.417. The summed E-state index contributed by atoms with van der Waals surface area (Å²) < 4.78 is 13.5. The molecule has 1 heterocycles. The second kappa shape index (κ2) is 5.14. The zero-order valence-electron chi connectivity index (χ0n) is 9.33. The highest BCUT2D eigenvalue weighted by molar-refractivity contribution is 9.10. The molecule has 0 unspecified atom stereocenters. The number of amides is 1. The molecule has 3 nitrogen and oxygen atoms in total. The lowest BCUT2D eigenvalue weighted by molar-refractivity contribution is -0.121. The Bertz CT molecular complexity index is 439. The van der Waals surface area contributed by atoms with Crippen molar-refractivity contribution in [1.29, 1.82) is 0 Å². The van der Waals surface area contributed by atoms with E-state index in [-0.39, 0.29) is 17.6 Å². The summed E-state index contributed by atoms with van der Waals surface area (Å²) in [6.07, 6.45) is 0.817. The van der Waals surface area contributed by atoms with Crippen LogP contribution in [0, 0.1) is 11.7 Å². The first-order valence-corrected chi connectivity index (χ1v) is 6.31. The molecule has 0 aromatic heterocycles. The number of benzene rings is 1. The van der Waals surface area contributed by atoms with Gasteiger partial charge in [-0.3, -0.25) is 9.69 Å². The minimum absolute atomic E-state index is 0.0427. The van der Waals surface area contributed by atoms with Crippen LogP contribution in [0.25, 0.3) is 0 Å². The first-order valence-electron chi connectivity index (χ1n) is 5.52. The molecule has 92 valence electrons. The summed E-state index contributed by atoms with van der Waals surface area (Å²) in [5.41, 5.74) is 6.31. The Balaban J connectivity index is 1.98. The molecule has 0 aliphatic carbocycles. The van der Waals surface area contributed by atoms with Gasteiger partial charge in [0.15, 0.2) is 0 Å². The summed E-state index contributed by atoms with van der Waals surface area (Å²) in [5.74, 6) is -0.531. The highest BCUT2D eigenvalue weighted by Crippen LogP contribution is 2.21. The van der Waals surface area contributed by atoms with Crippen LogP contribution in [0.3, 0.4) is 0 Å². The molecule has 0 saturated carbocycles. The number of carbonyl (C=O) groups excluding carboxylic acids is 1. The Hall–Kier alpha value is -0.940. The second-order valence-corrected chi connectivity index (χ2v) is 5.23. The lowest BCUT2D eigenvalue weighted by Gasteiger charge is -2.15. The molecule has 1 aromatic rings. The number of rotatable bonds is 3. The summed E-state index contributed by atoms with van der Waals surface area (Å²) in [4.78, 5) is 13.2. The number of halogens is 2. The molecule has 0 radical (unpaired) electrons. The van der Waals surface area contributed by atoms with Crippen LogP contribution in [0.1, 0.15) is 12.0 Å². The SMILES string of the molecule is NC(=O)[C@H]1CCN(Cc2ccc(F)c(Br)c2)C1. The highest BCUT2D eigenvalue weighted by Gasteiger charge is 2.26. The maximum atomic E-state index is 13.1. The monoisotopic (exact) mass is 300 g/mol. The number of nitrogens with zero attached hydrogens (tertiary/aromatic N) is 1. The Morgan fingerprint density at radius 2 is 2.35 bits per heavy atom. The van der Waals surface area contributed by atoms with Crippen LogP contribution in [-0.2, 0) is 11.3 Å². The van der Waals surface area contributed by atoms with Crippen LogP contribution in [-0.4, -0.2) is 23.9 Å². The van der Waals surface area contributed by atoms with Crippen LogP contribution < -0.4 is 5.73 Å². The van der Waals surface area contributed by atoms with Gasteiger partial charge in [-0.1, -0.05) is 6.07 Å². The minimum Gasteiger partial charge on any atom is -0.369 e. The van der Waals surface area contributed by atoms with Gasteiger partial charge in [-0.2, -0.15) is 0 Å². The van der Waals surface area contributed by atoms with E-state index in [1.807, 2.05) is 0 Å². The smallest absolute Gasteiger partial charge is 0.221 e. The lowest BCUT2D eigenvalue weighted by Crippen LogP contribution is -2.27. The van der Waals surface area contributed by atoms with Crippen molar-refractivity contribution < 1.29 is 9.18 Å². The molecular formula is C12H14BrFN2O. The predicted octanol–water partition coefficient (Wildman–Crippen LogP) is 1.90. The fourth-order valence-electron chi connectivity index (χ4n) is 2.10. The number of carbonyl (C=O) groups is 1. The highest BCUT2D eigenvalue weighted by atomic mass is 79.9. The van der Waals surface area contributed by atoms with Gasteiger partial charge >= 0.3 is 0 Å². The van der Waals surface area contributed by atoms with Gasteiger partial charge in [-0.05, 0) is 46.6 Å². The van der Waals surface area contributed by atoms with E-state index in [2.05, 4.69) is 20.8 Å². The third-order valence-corrected chi connectivity index (χ3v) is 3.67. The molecule has 0 bridgehead atoms. The van der Waals surface area contributed by atoms with Gasteiger partial charge < -0.3 is 5.73 Å². The van der Waals surface area contributed by atoms with Gasteiger partial charge in [0.1, 0.15) is 5.82 Å².